The maximum absolute atomic E-state index is 10.5. The van der Waals surface area contributed by atoms with Crippen LogP contribution in [0.25, 0.3) is 11.8 Å². The Balaban J connectivity index is 2.18. The number of hydrogen-bond donors (Lipinski definition) is 0. The first-order valence-electron chi connectivity index (χ1n) is 5.99. The zero-order chi connectivity index (χ0) is 13.3. The molecule has 0 spiro atoms. The number of carbonyl (C=O) groups is 1. The van der Waals surface area contributed by atoms with E-state index in [9.17, 15) is 4.79 Å². The van der Waals surface area contributed by atoms with Crippen molar-refractivity contribution in [3.05, 3.63) is 83.9 Å². The van der Waals surface area contributed by atoms with Crippen molar-refractivity contribution in [1.29, 1.82) is 0 Å². The number of rotatable bonds is 5. The maximum atomic E-state index is 10.5. The smallest absolute Gasteiger partial charge is 0.298 e. The molecule has 2 heteroatoms. The van der Waals surface area contributed by atoms with Gasteiger partial charge >= 0.3 is 0 Å². The van der Waals surface area contributed by atoms with Crippen molar-refractivity contribution >= 4 is 18.3 Å². The molecule has 0 bridgehead atoms. The van der Waals surface area contributed by atoms with Gasteiger partial charge in [-0.2, -0.15) is 0 Å². The van der Waals surface area contributed by atoms with Crippen molar-refractivity contribution in [2.45, 2.75) is 0 Å². The van der Waals surface area contributed by atoms with Crippen LogP contribution in [0.4, 0.5) is 0 Å². The summed E-state index contributed by atoms with van der Waals surface area (Å²) in [5.74, 6) is 0.530. The van der Waals surface area contributed by atoms with Gasteiger partial charge in [-0.05, 0) is 11.6 Å². The molecule has 0 amide bonds. The third-order valence-electron chi connectivity index (χ3n) is 2.57. The first kappa shape index (κ1) is 12.8. The molecule has 0 aromatic heterocycles. The quantitative estimate of drug-likeness (QED) is 0.457. The molecule has 0 N–H and O–H groups in total. The molecule has 0 saturated heterocycles. The zero-order valence-electron chi connectivity index (χ0n) is 10.4. The van der Waals surface area contributed by atoms with Crippen molar-refractivity contribution in [3.8, 4) is 0 Å². The Morgan fingerprint density at radius 1 is 0.895 bits per heavy atom. The van der Waals surface area contributed by atoms with Crippen LogP contribution in [-0.4, -0.2) is 6.47 Å². The Morgan fingerprint density at radius 2 is 1.53 bits per heavy atom. The lowest BCUT2D eigenvalue weighted by atomic mass is 10.1. The highest BCUT2D eigenvalue weighted by atomic mass is 16.5. The fourth-order valence-electron chi connectivity index (χ4n) is 1.67. The lowest BCUT2D eigenvalue weighted by Crippen LogP contribution is -1.88. The molecule has 0 aliphatic heterocycles. The van der Waals surface area contributed by atoms with Crippen molar-refractivity contribution in [3.63, 3.8) is 0 Å². The Bertz CT molecular complexity index is 569. The molecule has 19 heavy (non-hydrogen) atoms. The van der Waals surface area contributed by atoms with E-state index < -0.39 is 0 Å². The predicted molar refractivity (Wildman–Crippen MR) is 77.0 cm³/mol. The molecule has 2 nitrogen and oxygen atoms in total. The largest absolute Gasteiger partial charge is 0.428 e. The van der Waals surface area contributed by atoms with Gasteiger partial charge in [0, 0.05) is 5.56 Å². The van der Waals surface area contributed by atoms with Crippen molar-refractivity contribution in [2.75, 3.05) is 0 Å². The lowest BCUT2D eigenvalue weighted by Gasteiger charge is -2.02. The average Bonchev–Trinajstić information content (AvgIpc) is 2.48. The SMILES string of the molecule is O=CO/C(=C/C=C/c1ccccc1)c1ccccc1. The summed E-state index contributed by atoms with van der Waals surface area (Å²) in [5.41, 5.74) is 1.96. The van der Waals surface area contributed by atoms with Crippen LogP contribution in [0.3, 0.4) is 0 Å². The van der Waals surface area contributed by atoms with E-state index in [1.165, 1.54) is 0 Å². The second-order valence-corrected chi connectivity index (χ2v) is 3.88. The Hall–Kier alpha value is -2.61. The average molecular weight is 250 g/mol. The van der Waals surface area contributed by atoms with E-state index in [4.69, 9.17) is 4.74 Å². The molecule has 2 aromatic carbocycles. The second-order valence-electron chi connectivity index (χ2n) is 3.88. The van der Waals surface area contributed by atoms with Crippen LogP contribution in [0.2, 0.25) is 0 Å². The third kappa shape index (κ3) is 3.96. The maximum Gasteiger partial charge on any atom is 0.298 e. The van der Waals surface area contributed by atoms with Gasteiger partial charge in [0.2, 0.25) is 0 Å². The lowest BCUT2D eigenvalue weighted by molar-refractivity contribution is -0.122. The Labute approximate surface area is 112 Å². The highest BCUT2D eigenvalue weighted by Gasteiger charge is 1.99. The fourth-order valence-corrected chi connectivity index (χ4v) is 1.67. The summed E-state index contributed by atoms with van der Waals surface area (Å²) in [6.07, 6.45) is 5.59. The molecular formula is C17H14O2. The summed E-state index contributed by atoms with van der Waals surface area (Å²) in [6, 6.07) is 19.4. The van der Waals surface area contributed by atoms with Crippen LogP contribution < -0.4 is 0 Å². The molecule has 0 unspecified atom stereocenters. The molecule has 2 aromatic rings. The number of benzene rings is 2. The predicted octanol–water partition coefficient (Wildman–Crippen LogP) is 3.91. The normalized spacial score (nSPS) is 11.5. The van der Waals surface area contributed by atoms with Gasteiger partial charge in [-0.3, -0.25) is 4.79 Å². The molecular weight excluding hydrogens is 236 g/mol. The molecule has 94 valence electrons. The standard InChI is InChI=1S/C17H14O2/c18-14-19-17(16-11-5-2-6-12-16)13-7-10-15-8-3-1-4-9-15/h1-14H/b10-7+,17-13+. The van der Waals surface area contributed by atoms with Gasteiger partial charge in [-0.1, -0.05) is 72.8 Å². The molecule has 0 saturated carbocycles. The molecule has 0 aliphatic rings. The first-order chi connectivity index (χ1) is 9.40. The minimum absolute atomic E-state index is 0.440. The van der Waals surface area contributed by atoms with Crippen molar-refractivity contribution in [2.24, 2.45) is 0 Å². The highest BCUT2D eigenvalue weighted by Crippen LogP contribution is 2.15. The van der Waals surface area contributed by atoms with Gasteiger partial charge < -0.3 is 4.74 Å². The van der Waals surface area contributed by atoms with Crippen LogP contribution in [0.5, 0.6) is 0 Å². The van der Waals surface area contributed by atoms with Gasteiger partial charge in [-0.25, -0.2) is 0 Å². The molecule has 0 radical (unpaired) electrons. The zero-order valence-corrected chi connectivity index (χ0v) is 10.4. The minimum atomic E-state index is 0.440. The van der Waals surface area contributed by atoms with E-state index in [1.807, 2.05) is 72.8 Å². The van der Waals surface area contributed by atoms with Crippen LogP contribution in [-0.2, 0) is 9.53 Å². The Morgan fingerprint density at radius 3 is 2.16 bits per heavy atom. The summed E-state index contributed by atoms with van der Waals surface area (Å²) in [7, 11) is 0. The van der Waals surface area contributed by atoms with Crippen LogP contribution in [0, 0.1) is 0 Å². The molecule has 0 aliphatic carbocycles. The summed E-state index contributed by atoms with van der Waals surface area (Å²) >= 11 is 0. The monoisotopic (exact) mass is 250 g/mol. The molecule has 0 fully saturated rings. The second kappa shape index (κ2) is 6.97. The first-order valence-corrected chi connectivity index (χ1v) is 5.99. The van der Waals surface area contributed by atoms with E-state index >= 15 is 0 Å². The van der Waals surface area contributed by atoms with Crippen LogP contribution in [0.15, 0.2) is 72.8 Å². The summed E-state index contributed by atoms with van der Waals surface area (Å²) in [5, 5.41) is 0. The highest BCUT2D eigenvalue weighted by molar-refractivity contribution is 5.68. The summed E-state index contributed by atoms with van der Waals surface area (Å²) in [4.78, 5) is 10.5. The van der Waals surface area contributed by atoms with Gasteiger partial charge in [-0.15, -0.1) is 0 Å². The molecule has 0 heterocycles. The van der Waals surface area contributed by atoms with Crippen LogP contribution >= 0.6 is 0 Å². The number of ether oxygens (including phenoxy) is 1. The summed E-state index contributed by atoms with van der Waals surface area (Å²) < 4.78 is 5.00. The van der Waals surface area contributed by atoms with E-state index in [-0.39, 0.29) is 0 Å². The van der Waals surface area contributed by atoms with E-state index in [0.29, 0.717) is 12.2 Å². The van der Waals surface area contributed by atoms with Gasteiger partial charge in [0.05, 0.1) is 0 Å². The minimum Gasteiger partial charge on any atom is -0.428 e. The number of allylic oxidation sites excluding steroid dienone is 2. The third-order valence-corrected chi connectivity index (χ3v) is 2.57. The van der Waals surface area contributed by atoms with Crippen molar-refractivity contribution < 1.29 is 9.53 Å². The van der Waals surface area contributed by atoms with Gasteiger partial charge in [0.25, 0.3) is 6.47 Å². The van der Waals surface area contributed by atoms with E-state index in [2.05, 4.69) is 0 Å². The summed E-state index contributed by atoms with van der Waals surface area (Å²) in [6.45, 7) is 0.440. The number of carbonyl (C=O) groups excluding carboxylic acids is 1. The van der Waals surface area contributed by atoms with E-state index in [1.54, 1.807) is 6.08 Å². The Kier molecular flexibility index (Phi) is 4.71. The topological polar surface area (TPSA) is 26.3 Å². The van der Waals surface area contributed by atoms with Crippen molar-refractivity contribution in [1.82, 2.24) is 0 Å². The van der Waals surface area contributed by atoms with Gasteiger partial charge in [0.1, 0.15) is 5.76 Å². The van der Waals surface area contributed by atoms with Gasteiger partial charge in [0.15, 0.2) is 0 Å². The van der Waals surface area contributed by atoms with Crippen LogP contribution in [0.1, 0.15) is 11.1 Å². The molecule has 2 rings (SSSR count). The number of hydrogen-bond acceptors (Lipinski definition) is 2. The fraction of sp³-hybridized carbons (Fsp3) is 0. The van der Waals surface area contributed by atoms with E-state index in [0.717, 1.165) is 11.1 Å². The molecule has 0 atom stereocenters.